The van der Waals surface area contributed by atoms with E-state index in [0.29, 0.717) is 18.1 Å². The summed E-state index contributed by atoms with van der Waals surface area (Å²) >= 11 is 2.44. The molecule has 0 heterocycles. The van der Waals surface area contributed by atoms with Gasteiger partial charge < -0.3 is 0 Å². The highest BCUT2D eigenvalue weighted by molar-refractivity contribution is 14.2. The molecule has 3 N–H and O–H groups in total. The zero-order valence-electron chi connectivity index (χ0n) is 10.6. The number of hydrogen-bond acceptors (Lipinski definition) is 3. The van der Waals surface area contributed by atoms with Crippen LogP contribution in [0.1, 0.15) is 41.5 Å². The van der Waals surface area contributed by atoms with Crippen LogP contribution in [-0.4, -0.2) is 23.7 Å². The maximum absolute atomic E-state index is 3.59. The van der Waals surface area contributed by atoms with Gasteiger partial charge in [0.25, 0.3) is 0 Å². The quantitative estimate of drug-likeness (QED) is 0.377. The van der Waals surface area contributed by atoms with E-state index in [0.717, 1.165) is 6.22 Å². The van der Waals surface area contributed by atoms with Gasteiger partial charge in [0.2, 0.25) is 0 Å². The fourth-order valence-electron chi connectivity index (χ4n) is 1.51. The van der Waals surface area contributed by atoms with Crippen LogP contribution in [0.3, 0.4) is 0 Å². The second-order valence-corrected chi connectivity index (χ2v) is 7.30. The first-order chi connectivity index (χ1) is 6.81. The maximum Gasteiger partial charge on any atom is 0.150 e. The molecule has 0 bridgehead atoms. The maximum atomic E-state index is 3.59. The minimum atomic E-state index is -0.128. The standard InChI is InChI=1S/C10H25IN3P/c1-7(2)12-10(15-11,13-8(3)4)14-9(5)6/h7-9,12-15H,1-6H3. The highest BCUT2D eigenvalue weighted by Crippen LogP contribution is 2.33. The largest absolute Gasteiger partial charge is 0.281 e. The predicted molar refractivity (Wildman–Crippen MR) is 79.9 cm³/mol. The lowest BCUT2D eigenvalue weighted by Crippen LogP contribution is -2.67. The average Bonchev–Trinajstić information content (AvgIpc) is 1.99. The third-order valence-electron chi connectivity index (χ3n) is 1.66. The second kappa shape index (κ2) is 7.38. The van der Waals surface area contributed by atoms with Gasteiger partial charge in [-0.15, -0.1) is 0 Å². The Labute approximate surface area is 109 Å². The summed E-state index contributed by atoms with van der Waals surface area (Å²) in [5.41, 5.74) is -0.128. The highest BCUT2D eigenvalue weighted by atomic mass is 127. The summed E-state index contributed by atoms with van der Waals surface area (Å²) in [7, 11) is 0. The van der Waals surface area contributed by atoms with Crippen LogP contribution in [0.25, 0.3) is 0 Å². The van der Waals surface area contributed by atoms with Crippen molar-refractivity contribution >= 4 is 28.3 Å². The zero-order chi connectivity index (χ0) is 12.1. The fraction of sp³-hybridized carbons (Fsp3) is 1.00. The summed E-state index contributed by atoms with van der Waals surface area (Å²) < 4.78 is 0. The smallest absolute Gasteiger partial charge is 0.150 e. The van der Waals surface area contributed by atoms with Crippen LogP contribution < -0.4 is 16.0 Å². The molecule has 3 nitrogen and oxygen atoms in total. The molecule has 0 spiro atoms. The third-order valence-corrected chi connectivity index (χ3v) is 4.80. The first-order valence-corrected chi connectivity index (χ1v) is 9.63. The normalized spacial score (nSPS) is 14.0. The summed E-state index contributed by atoms with van der Waals surface area (Å²) in [5.74, 6) is 0. The molecule has 0 aromatic heterocycles. The van der Waals surface area contributed by atoms with Crippen molar-refractivity contribution in [2.45, 2.75) is 65.2 Å². The molecule has 0 aliphatic heterocycles. The van der Waals surface area contributed by atoms with Crippen LogP contribution in [0.2, 0.25) is 0 Å². The topological polar surface area (TPSA) is 36.1 Å². The predicted octanol–water partition coefficient (Wildman–Crippen LogP) is 2.62. The van der Waals surface area contributed by atoms with Gasteiger partial charge in [0.15, 0.2) is 0 Å². The van der Waals surface area contributed by atoms with E-state index in [1.54, 1.807) is 0 Å². The summed E-state index contributed by atoms with van der Waals surface area (Å²) in [6.45, 7) is 13.1. The third kappa shape index (κ3) is 7.05. The van der Waals surface area contributed by atoms with Crippen LogP contribution in [0, 0.1) is 0 Å². The van der Waals surface area contributed by atoms with Gasteiger partial charge in [0, 0.05) is 18.1 Å². The van der Waals surface area contributed by atoms with E-state index in [2.05, 4.69) is 79.5 Å². The molecule has 0 saturated heterocycles. The first-order valence-electron chi connectivity index (χ1n) is 5.52. The molecule has 5 heteroatoms. The molecule has 0 fully saturated rings. The minimum Gasteiger partial charge on any atom is -0.281 e. The lowest BCUT2D eigenvalue weighted by atomic mass is 10.3. The zero-order valence-corrected chi connectivity index (χ0v) is 13.8. The SMILES string of the molecule is CC(C)NC(NC(C)C)(NC(C)C)PI. The Kier molecular flexibility index (Phi) is 7.89. The van der Waals surface area contributed by atoms with Gasteiger partial charge in [0.05, 0.1) is 0 Å². The fourth-order valence-corrected chi connectivity index (χ4v) is 3.94. The van der Waals surface area contributed by atoms with Crippen LogP contribution in [-0.2, 0) is 0 Å². The molecule has 1 unspecified atom stereocenters. The van der Waals surface area contributed by atoms with Crippen LogP contribution >= 0.6 is 28.3 Å². The van der Waals surface area contributed by atoms with Gasteiger partial charge in [0.1, 0.15) is 5.53 Å². The summed E-state index contributed by atoms with van der Waals surface area (Å²) in [6.07, 6.45) is 0.734. The Balaban J connectivity index is 4.59. The Morgan fingerprint density at radius 2 is 1.07 bits per heavy atom. The second-order valence-electron chi connectivity index (χ2n) is 4.74. The molecule has 0 aromatic carbocycles. The molecular formula is C10H25IN3P. The van der Waals surface area contributed by atoms with E-state index in [9.17, 15) is 0 Å². The Hall–Kier alpha value is 1.04. The van der Waals surface area contributed by atoms with E-state index in [1.165, 1.54) is 0 Å². The molecule has 15 heavy (non-hydrogen) atoms. The molecule has 0 rings (SSSR count). The first kappa shape index (κ1) is 16.0. The molecule has 1 atom stereocenters. The molecule has 0 aromatic rings. The highest BCUT2D eigenvalue weighted by Gasteiger charge is 2.30. The molecule has 0 aliphatic rings. The van der Waals surface area contributed by atoms with Crippen LogP contribution in [0.4, 0.5) is 0 Å². The Bertz CT molecular complexity index is 148. The Morgan fingerprint density at radius 3 is 1.20 bits per heavy atom. The minimum absolute atomic E-state index is 0.128. The molecule has 0 aliphatic carbocycles. The van der Waals surface area contributed by atoms with Crippen molar-refractivity contribution in [1.29, 1.82) is 0 Å². The van der Waals surface area contributed by atoms with E-state index in [-0.39, 0.29) is 5.53 Å². The molecule has 0 amide bonds. The Morgan fingerprint density at radius 1 is 0.800 bits per heavy atom. The van der Waals surface area contributed by atoms with Gasteiger partial charge in [-0.2, -0.15) is 0 Å². The van der Waals surface area contributed by atoms with E-state index in [4.69, 9.17) is 0 Å². The summed E-state index contributed by atoms with van der Waals surface area (Å²) in [6, 6.07) is 1.39. The van der Waals surface area contributed by atoms with Crippen molar-refractivity contribution in [1.82, 2.24) is 16.0 Å². The van der Waals surface area contributed by atoms with Crippen molar-refractivity contribution in [3.05, 3.63) is 0 Å². The van der Waals surface area contributed by atoms with Gasteiger partial charge in [-0.25, -0.2) is 0 Å². The number of rotatable bonds is 7. The van der Waals surface area contributed by atoms with Crippen molar-refractivity contribution in [2.24, 2.45) is 0 Å². The lowest BCUT2D eigenvalue weighted by molar-refractivity contribution is 0.255. The monoisotopic (exact) mass is 345 g/mol. The van der Waals surface area contributed by atoms with Gasteiger partial charge in [-0.1, -0.05) is 22.0 Å². The van der Waals surface area contributed by atoms with Crippen molar-refractivity contribution in [3.63, 3.8) is 0 Å². The van der Waals surface area contributed by atoms with Crippen molar-refractivity contribution in [3.8, 4) is 0 Å². The van der Waals surface area contributed by atoms with Gasteiger partial charge in [-0.3, -0.25) is 16.0 Å². The van der Waals surface area contributed by atoms with Crippen LogP contribution in [0.5, 0.6) is 0 Å². The van der Waals surface area contributed by atoms with Crippen LogP contribution in [0.15, 0.2) is 0 Å². The molecular weight excluding hydrogens is 320 g/mol. The molecule has 92 valence electrons. The van der Waals surface area contributed by atoms with E-state index >= 15 is 0 Å². The summed E-state index contributed by atoms with van der Waals surface area (Å²) in [4.78, 5) is 0. The summed E-state index contributed by atoms with van der Waals surface area (Å²) in [5, 5.41) is 10.8. The van der Waals surface area contributed by atoms with E-state index in [1.807, 2.05) is 0 Å². The van der Waals surface area contributed by atoms with Crippen molar-refractivity contribution < 1.29 is 0 Å². The van der Waals surface area contributed by atoms with Gasteiger partial charge >= 0.3 is 0 Å². The van der Waals surface area contributed by atoms with Gasteiger partial charge in [-0.05, 0) is 47.8 Å². The molecule has 0 saturated carbocycles. The lowest BCUT2D eigenvalue weighted by Gasteiger charge is -2.40. The number of hydrogen-bond donors (Lipinski definition) is 3. The van der Waals surface area contributed by atoms with E-state index < -0.39 is 0 Å². The average molecular weight is 345 g/mol. The molecule has 0 radical (unpaired) electrons. The van der Waals surface area contributed by atoms with Crippen molar-refractivity contribution in [2.75, 3.05) is 0 Å². The number of nitrogens with one attached hydrogen (secondary N) is 3. The number of halogens is 1.